The second kappa shape index (κ2) is 5.79. The van der Waals surface area contributed by atoms with Crippen molar-refractivity contribution >= 4 is 0 Å². The van der Waals surface area contributed by atoms with Gasteiger partial charge < -0.3 is 10.1 Å². The highest BCUT2D eigenvalue weighted by Gasteiger charge is 2.26. The maximum Gasteiger partial charge on any atom is 0.114 e. The first kappa shape index (κ1) is 14.1. The molecule has 1 aliphatic heterocycles. The smallest absolute Gasteiger partial charge is 0.114 e. The molecular formula is C17H25NO. The van der Waals surface area contributed by atoms with Crippen LogP contribution in [0.4, 0.5) is 0 Å². The molecule has 0 bridgehead atoms. The Morgan fingerprint density at radius 2 is 2.00 bits per heavy atom. The van der Waals surface area contributed by atoms with Gasteiger partial charge in [-0.25, -0.2) is 0 Å². The zero-order chi connectivity index (χ0) is 13.9. The Balaban J connectivity index is 2.42. The second-order valence-electron chi connectivity index (χ2n) is 6.07. The minimum Gasteiger partial charge on any atom is -0.496 e. The first-order valence-electron chi connectivity index (χ1n) is 7.19. The Hall–Kier alpha value is -1.28. The van der Waals surface area contributed by atoms with Crippen molar-refractivity contribution in [1.82, 2.24) is 5.32 Å². The Kier molecular flexibility index (Phi) is 4.31. The molecule has 0 amide bonds. The van der Waals surface area contributed by atoms with Crippen molar-refractivity contribution < 1.29 is 4.74 Å². The van der Waals surface area contributed by atoms with Crippen LogP contribution >= 0.6 is 0 Å². The molecule has 0 saturated carbocycles. The number of likely N-dealkylation sites (N-methyl/N-ethyl adjacent to an activating group) is 1. The summed E-state index contributed by atoms with van der Waals surface area (Å²) in [4.78, 5) is 0. The fraction of sp³-hybridized carbons (Fsp3) is 0.529. The van der Waals surface area contributed by atoms with Crippen molar-refractivity contribution in [2.24, 2.45) is 0 Å². The van der Waals surface area contributed by atoms with Gasteiger partial charge in [0, 0.05) is 6.42 Å². The quantitative estimate of drug-likeness (QED) is 0.884. The first-order chi connectivity index (χ1) is 9.04. The Labute approximate surface area is 116 Å². The second-order valence-corrected chi connectivity index (χ2v) is 6.07. The lowest BCUT2D eigenvalue weighted by atomic mass is 9.81. The van der Waals surface area contributed by atoms with Crippen LogP contribution in [0.25, 0.3) is 0 Å². The lowest BCUT2D eigenvalue weighted by molar-refractivity contribution is 0.215. The van der Waals surface area contributed by atoms with Gasteiger partial charge in [0.05, 0.1) is 12.6 Å². The number of rotatable bonds is 4. The van der Waals surface area contributed by atoms with E-state index in [0.717, 1.165) is 25.3 Å². The van der Waals surface area contributed by atoms with Crippen molar-refractivity contribution in [3.8, 4) is 0 Å². The van der Waals surface area contributed by atoms with Crippen molar-refractivity contribution in [3.63, 3.8) is 0 Å². The molecule has 1 N–H and O–H groups in total. The summed E-state index contributed by atoms with van der Waals surface area (Å²) < 4.78 is 5.79. The Morgan fingerprint density at radius 1 is 1.26 bits per heavy atom. The molecule has 1 aromatic rings. The van der Waals surface area contributed by atoms with Crippen LogP contribution in [-0.4, -0.2) is 13.2 Å². The number of benzene rings is 1. The molecule has 1 heterocycles. The van der Waals surface area contributed by atoms with Crippen LogP contribution in [0.5, 0.6) is 0 Å². The highest BCUT2D eigenvalue weighted by atomic mass is 16.5. The minimum atomic E-state index is 0.142. The molecule has 0 fully saturated rings. The van der Waals surface area contributed by atoms with Gasteiger partial charge in [-0.2, -0.15) is 0 Å². The molecule has 1 unspecified atom stereocenters. The predicted octanol–water partition coefficient (Wildman–Crippen LogP) is 3.94. The van der Waals surface area contributed by atoms with Gasteiger partial charge in [0.25, 0.3) is 0 Å². The monoisotopic (exact) mass is 259 g/mol. The summed E-state index contributed by atoms with van der Waals surface area (Å²) in [6.07, 6.45) is 3.24. The van der Waals surface area contributed by atoms with Crippen LogP contribution in [-0.2, 0) is 10.2 Å². The average Bonchev–Trinajstić information content (AvgIpc) is 2.88. The maximum atomic E-state index is 5.79. The number of ether oxygens (including phenoxy) is 1. The van der Waals surface area contributed by atoms with E-state index in [9.17, 15) is 0 Å². The van der Waals surface area contributed by atoms with Gasteiger partial charge in [-0.15, -0.1) is 0 Å². The molecular weight excluding hydrogens is 234 g/mol. The molecule has 0 radical (unpaired) electrons. The third-order valence-corrected chi connectivity index (χ3v) is 3.50. The predicted molar refractivity (Wildman–Crippen MR) is 80.2 cm³/mol. The van der Waals surface area contributed by atoms with Crippen LogP contribution < -0.4 is 5.32 Å². The SMILES string of the molecule is CCNC(C1=CCCO1)c1ccccc1C(C)(C)C. The maximum absolute atomic E-state index is 5.79. The highest BCUT2D eigenvalue weighted by molar-refractivity contribution is 5.38. The fourth-order valence-electron chi connectivity index (χ4n) is 2.64. The first-order valence-corrected chi connectivity index (χ1v) is 7.19. The van der Waals surface area contributed by atoms with Crippen LogP contribution in [0, 0.1) is 0 Å². The van der Waals surface area contributed by atoms with E-state index in [0.29, 0.717) is 0 Å². The Bertz CT molecular complexity index is 457. The van der Waals surface area contributed by atoms with E-state index >= 15 is 0 Å². The molecule has 2 nitrogen and oxygen atoms in total. The molecule has 2 rings (SSSR count). The van der Waals surface area contributed by atoms with E-state index in [2.05, 4.69) is 63.4 Å². The zero-order valence-electron chi connectivity index (χ0n) is 12.5. The summed E-state index contributed by atoms with van der Waals surface area (Å²) in [5.41, 5.74) is 2.87. The van der Waals surface area contributed by atoms with E-state index in [1.54, 1.807) is 0 Å². The molecule has 104 valence electrons. The summed E-state index contributed by atoms with van der Waals surface area (Å²) in [7, 11) is 0. The van der Waals surface area contributed by atoms with Gasteiger partial charge >= 0.3 is 0 Å². The normalized spacial score (nSPS) is 16.9. The van der Waals surface area contributed by atoms with Crippen molar-refractivity contribution in [2.75, 3.05) is 13.2 Å². The highest BCUT2D eigenvalue weighted by Crippen LogP contribution is 2.34. The van der Waals surface area contributed by atoms with Crippen LogP contribution in [0.15, 0.2) is 36.1 Å². The molecule has 19 heavy (non-hydrogen) atoms. The summed E-state index contributed by atoms with van der Waals surface area (Å²) in [5.74, 6) is 1.08. The topological polar surface area (TPSA) is 21.3 Å². The van der Waals surface area contributed by atoms with Gasteiger partial charge in [-0.3, -0.25) is 0 Å². The van der Waals surface area contributed by atoms with Gasteiger partial charge in [0.15, 0.2) is 0 Å². The molecule has 0 spiro atoms. The molecule has 1 aliphatic rings. The molecule has 1 atom stereocenters. The standard InChI is InChI=1S/C17H25NO/c1-5-18-16(15-11-8-12-19-15)13-9-6-7-10-14(13)17(2,3)4/h6-7,9-11,16,18H,5,8,12H2,1-4H3. The van der Waals surface area contributed by atoms with Crippen LogP contribution in [0.3, 0.4) is 0 Å². The average molecular weight is 259 g/mol. The van der Waals surface area contributed by atoms with Crippen LogP contribution in [0.1, 0.15) is 51.3 Å². The van der Waals surface area contributed by atoms with E-state index in [4.69, 9.17) is 4.74 Å². The third kappa shape index (κ3) is 3.19. The summed E-state index contributed by atoms with van der Waals surface area (Å²) in [5, 5.41) is 3.56. The lowest BCUT2D eigenvalue weighted by Crippen LogP contribution is -2.26. The van der Waals surface area contributed by atoms with Crippen molar-refractivity contribution in [3.05, 3.63) is 47.2 Å². The van der Waals surface area contributed by atoms with E-state index < -0.39 is 0 Å². The molecule has 0 aromatic heterocycles. The molecule has 0 saturated heterocycles. The lowest BCUT2D eigenvalue weighted by Gasteiger charge is -2.28. The minimum absolute atomic E-state index is 0.142. The number of hydrogen-bond donors (Lipinski definition) is 1. The zero-order valence-corrected chi connectivity index (χ0v) is 12.5. The van der Waals surface area contributed by atoms with Crippen molar-refractivity contribution in [1.29, 1.82) is 0 Å². The largest absolute Gasteiger partial charge is 0.496 e. The van der Waals surface area contributed by atoms with Crippen LogP contribution in [0.2, 0.25) is 0 Å². The molecule has 1 aromatic carbocycles. The number of hydrogen-bond acceptors (Lipinski definition) is 2. The number of nitrogens with one attached hydrogen (secondary N) is 1. The molecule has 2 heteroatoms. The van der Waals surface area contributed by atoms with Crippen molar-refractivity contribution in [2.45, 2.75) is 45.6 Å². The summed E-state index contributed by atoms with van der Waals surface area (Å²) in [6, 6.07) is 8.87. The van der Waals surface area contributed by atoms with Gasteiger partial charge in [0.2, 0.25) is 0 Å². The van der Waals surface area contributed by atoms with Gasteiger partial charge in [-0.1, -0.05) is 52.0 Å². The van der Waals surface area contributed by atoms with E-state index in [1.807, 2.05) is 0 Å². The van der Waals surface area contributed by atoms with Gasteiger partial charge in [-0.05, 0) is 29.2 Å². The molecule has 0 aliphatic carbocycles. The summed E-state index contributed by atoms with van der Waals surface area (Å²) in [6.45, 7) is 10.7. The van der Waals surface area contributed by atoms with E-state index in [-0.39, 0.29) is 11.5 Å². The van der Waals surface area contributed by atoms with Gasteiger partial charge in [0.1, 0.15) is 5.76 Å². The van der Waals surface area contributed by atoms with E-state index in [1.165, 1.54) is 11.1 Å². The third-order valence-electron chi connectivity index (χ3n) is 3.50. The summed E-state index contributed by atoms with van der Waals surface area (Å²) >= 11 is 0. The Morgan fingerprint density at radius 3 is 2.58 bits per heavy atom. The fourth-order valence-corrected chi connectivity index (χ4v) is 2.64.